The number of hydrogen-bond donors (Lipinski definition) is 1. The van der Waals surface area contributed by atoms with Gasteiger partial charge in [0.2, 0.25) is 5.95 Å². The topological polar surface area (TPSA) is 57.4 Å². The Kier molecular flexibility index (Phi) is 5.02. The second kappa shape index (κ2) is 7.97. The summed E-state index contributed by atoms with van der Waals surface area (Å²) in [6, 6.07) is 18.1. The van der Waals surface area contributed by atoms with E-state index in [1.165, 1.54) is 5.69 Å². The maximum atomic E-state index is 6.36. The average Bonchev–Trinajstić information content (AvgIpc) is 3.20. The highest BCUT2D eigenvalue weighted by atomic mass is 35.5. The first-order valence-electron chi connectivity index (χ1n) is 9.98. The maximum absolute atomic E-state index is 6.36. The molecule has 1 aliphatic rings. The van der Waals surface area contributed by atoms with E-state index < -0.39 is 0 Å². The molecule has 0 aliphatic carbocycles. The smallest absolute Gasteiger partial charge is 0.227 e. The molecule has 3 heterocycles. The lowest BCUT2D eigenvalue weighted by Crippen LogP contribution is -2.44. The Morgan fingerprint density at radius 3 is 2.53 bits per heavy atom. The van der Waals surface area contributed by atoms with Gasteiger partial charge in [-0.05, 0) is 43.4 Å². The van der Waals surface area contributed by atoms with Gasteiger partial charge in [0.25, 0.3) is 0 Å². The van der Waals surface area contributed by atoms with Crippen LogP contribution < -0.4 is 10.2 Å². The van der Waals surface area contributed by atoms with Crippen LogP contribution in [0, 0.1) is 0 Å². The predicted octanol–water partition coefficient (Wildman–Crippen LogP) is 5.04. The third-order valence-electron chi connectivity index (χ3n) is 5.39. The fraction of sp³-hybridized carbons (Fsp3) is 0.217. The zero-order valence-electron chi connectivity index (χ0n) is 16.7. The lowest BCUT2D eigenvalue weighted by molar-refractivity contribution is 0.313. The second-order valence-corrected chi connectivity index (χ2v) is 7.91. The van der Waals surface area contributed by atoms with E-state index in [9.17, 15) is 0 Å². The van der Waals surface area contributed by atoms with Gasteiger partial charge in [0.05, 0.1) is 11.2 Å². The van der Waals surface area contributed by atoms with Crippen molar-refractivity contribution in [3.63, 3.8) is 0 Å². The number of benzene rings is 2. The number of para-hydroxylation sites is 1. The van der Waals surface area contributed by atoms with Crippen molar-refractivity contribution in [3.8, 4) is 11.5 Å². The number of anilines is 3. The van der Waals surface area contributed by atoms with Crippen molar-refractivity contribution in [1.82, 2.24) is 14.9 Å². The Bertz CT molecular complexity index is 1130. The van der Waals surface area contributed by atoms with Crippen molar-refractivity contribution in [2.24, 2.45) is 0 Å². The summed E-state index contributed by atoms with van der Waals surface area (Å²) < 4.78 is 5.92. The molecule has 0 unspecified atom stereocenters. The number of fused-ring (bicyclic) bond motifs is 1. The van der Waals surface area contributed by atoms with Crippen LogP contribution >= 0.6 is 11.6 Å². The highest BCUT2D eigenvalue weighted by Crippen LogP contribution is 2.32. The van der Waals surface area contributed by atoms with Crippen molar-refractivity contribution < 1.29 is 4.42 Å². The van der Waals surface area contributed by atoms with Gasteiger partial charge in [-0.15, -0.1) is 0 Å². The fourth-order valence-electron chi connectivity index (χ4n) is 3.65. The van der Waals surface area contributed by atoms with Crippen molar-refractivity contribution in [1.29, 1.82) is 0 Å². The molecule has 1 N–H and O–H groups in total. The van der Waals surface area contributed by atoms with Gasteiger partial charge in [0.15, 0.2) is 5.76 Å². The molecule has 6 nitrogen and oxygen atoms in total. The number of rotatable bonds is 4. The van der Waals surface area contributed by atoms with Crippen molar-refractivity contribution in [2.75, 3.05) is 43.4 Å². The number of halogens is 1. The number of furan rings is 1. The second-order valence-electron chi connectivity index (χ2n) is 7.50. The summed E-state index contributed by atoms with van der Waals surface area (Å²) in [5, 5.41) is 4.72. The van der Waals surface area contributed by atoms with E-state index in [-0.39, 0.29) is 0 Å². The van der Waals surface area contributed by atoms with Crippen LogP contribution in [0.3, 0.4) is 0 Å². The molecular formula is C23H22ClN5O. The quantitative estimate of drug-likeness (QED) is 0.500. The SMILES string of the molecule is CN1CCN(c2ccc(Nc3ncc(Cl)c(-c4cc5ccccc5o4)n3)cc2)CC1. The maximum Gasteiger partial charge on any atom is 0.227 e. The van der Waals surface area contributed by atoms with Crippen molar-refractivity contribution in [2.45, 2.75) is 0 Å². The standard InChI is InChI=1S/C23H22ClN5O/c1-28-10-12-29(13-11-28)18-8-6-17(7-9-18)26-23-25-15-19(24)22(27-23)21-14-16-4-2-3-5-20(16)30-21/h2-9,14-15H,10-13H2,1H3,(H,25,26,27). The minimum Gasteiger partial charge on any atom is -0.454 e. The van der Waals surface area contributed by atoms with Crippen LogP contribution in [0.4, 0.5) is 17.3 Å². The Balaban J connectivity index is 1.36. The molecule has 30 heavy (non-hydrogen) atoms. The lowest BCUT2D eigenvalue weighted by atomic mass is 10.2. The van der Waals surface area contributed by atoms with Gasteiger partial charge in [-0.25, -0.2) is 9.97 Å². The van der Waals surface area contributed by atoms with Gasteiger partial charge in [-0.1, -0.05) is 29.8 Å². The van der Waals surface area contributed by atoms with Gasteiger partial charge < -0.3 is 19.5 Å². The highest BCUT2D eigenvalue weighted by molar-refractivity contribution is 6.32. The van der Waals surface area contributed by atoms with Crippen LogP contribution in [0.2, 0.25) is 5.02 Å². The first kappa shape index (κ1) is 18.9. The van der Waals surface area contributed by atoms with Crippen LogP contribution in [-0.4, -0.2) is 48.1 Å². The van der Waals surface area contributed by atoms with Crippen LogP contribution in [0.25, 0.3) is 22.4 Å². The summed E-state index contributed by atoms with van der Waals surface area (Å²) >= 11 is 6.36. The summed E-state index contributed by atoms with van der Waals surface area (Å²) in [5.74, 6) is 1.10. The summed E-state index contributed by atoms with van der Waals surface area (Å²) in [6.07, 6.45) is 1.60. The first-order valence-corrected chi connectivity index (χ1v) is 10.4. The average molecular weight is 420 g/mol. The normalized spacial score (nSPS) is 14.9. The van der Waals surface area contributed by atoms with Crippen molar-refractivity contribution >= 4 is 39.9 Å². The van der Waals surface area contributed by atoms with E-state index in [1.807, 2.05) is 42.5 Å². The van der Waals surface area contributed by atoms with E-state index in [0.717, 1.165) is 42.8 Å². The van der Waals surface area contributed by atoms with Crippen molar-refractivity contribution in [3.05, 3.63) is 65.8 Å². The van der Waals surface area contributed by atoms with Gasteiger partial charge in [0, 0.05) is 42.9 Å². The van der Waals surface area contributed by atoms with Crippen LogP contribution in [0.5, 0.6) is 0 Å². The zero-order valence-corrected chi connectivity index (χ0v) is 17.4. The summed E-state index contributed by atoms with van der Waals surface area (Å²) in [6.45, 7) is 4.27. The Hall–Kier alpha value is -3.09. The molecule has 152 valence electrons. The molecule has 5 rings (SSSR count). The number of likely N-dealkylation sites (N-methyl/N-ethyl adjacent to an activating group) is 1. The Morgan fingerprint density at radius 1 is 1.00 bits per heavy atom. The third-order valence-corrected chi connectivity index (χ3v) is 5.67. The van der Waals surface area contributed by atoms with Crippen LogP contribution in [0.1, 0.15) is 0 Å². The predicted molar refractivity (Wildman–Crippen MR) is 122 cm³/mol. The molecule has 0 bridgehead atoms. The molecule has 0 saturated carbocycles. The highest BCUT2D eigenvalue weighted by Gasteiger charge is 2.15. The van der Waals surface area contributed by atoms with Gasteiger partial charge in [0.1, 0.15) is 11.3 Å². The molecular weight excluding hydrogens is 398 g/mol. The minimum atomic E-state index is 0.449. The van der Waals surface area contributed by atoms with Gasteiger partial charge in [-0.3, -0.25) is 0 Å². The molecule has 0 atom stereocenters. The molecule has 0 spiro atoms. The molecule has 0 amide bonds. The van der Waals surface area contributed by atoms with Gasteiger partial charge >= 0.3 is 0 Å². The first-order chi connectivity index (χ1) is 14.7. The number of aromatic nitrogens is 2. The van der Waals surface area contributed by atoms with Gasteiger partial charge in [-0.2, -0.15) is 0 Å². The molecule has 2 aromatic heterocycles. The van der Waals surface area contributed by atoms with Crippen LogP contribution in [0.15, 0.2) is 65.2 Å². The molecule has 7 heteroatoms. The zero-order chi connectivity index (χ0) is 20.5. The molecule has 1 saturated heterocycles. The van der Waals surface area contributed by atoms with E-state index in [4.69, 9.17) is 16.0 Å². The third kappa shape index (κ3) is 3.84. The monoisotopic (exact) mass is 419 g/mol. The Morgan fingerprint density at radius 2 is 1.77 bits per heavy atom. The molecule has 1 aliphatic heterocycles. The number of nitrogens with one attached hydrogen (secondary N) is 1. The van der Waals surface area contributed by atoms with E-state index >= 15 is 0 Å². The lowest BCUT2D eigenvalue weighted by Gasteiger charge is -2.34. The van der Waals surface area contributed by atoms with Crippen LogP contribution in [-0.2, 0) is 0 Å². The molecule has 1 fully saturated rings. The molecule has 4 aromatic rings. The fourth-order valence-corrected chi connectivity index (χ4v) is 3.83. The largest absolute Gasteiger partial charge is 0.454 e. The van der Waals surface area contributed by atoms with E-state index in [1.54, 1.807) is 6.20 Å². The number of nitrogens with zero attached hydrogens (tertiary/aromatic N) is 4. The van der Waals surface area contributed by atoms with E-state index in [2.05, 4.69) is 44.3 Å². The van der Waals surface area contributed by atoms with E-state index in [0.29, 0.717) is 22.4 Å². The minimum absolute atomic E-state index is 0.449. The molecule has 0 radical (unpaired) electrons. The molecule has 2 aromatic carbocycles. The summed E-state index contributed by atoms with van der Waals surface area (Å²) in [5.41, 5.74) is 3.52. The Labute approximate surface area is 180 Å². The summed E-state index contributed by atoms with van der Waals surface area (Å²) in [4.78, 5) is 13.7. The summed E-state index contributed by atoms with van der Waals surface area (Å²) in [7, 11) is 2.16. The number of piperazine rings is 1. The number of hydrogen-bond acceptors (Lipinski definition) is 6.